The number of halogens is 3. The van der Waals surface area contributed by atoms with Crippen LogP contribution >= 0.6 is 11.3 Å². The van der Waals surface area contributed by atoms with Crippen molar-refractivity contribution in [3.8, 4) is 16.5 Å². The van der Waals surface area contributed by atoms with Gasteiger partial charge in [0.2, 0.25) is 5.91 Å². The normalized spacial score (nSPS) is 11.5. The summed E-state index contributed by atoms with van der Waals surface area (Å²) in [5.41, 5.74) is 0. The number of carbonyl (C=O) groups excluding carboxylic acids is 1. The maximum atomic E-state index is 12.3. The summed E-state index contributed by atoms with van der Waals surface area (Å²) in [5.74, 6) is -0.718. The monoisotopic (exact) mass is 354 g/mol. The largest absolute Gasteiger partial charge is 0.397 e. The highest BCUT2D eigenvalue weighted by atomic mass is 32.1. The Hall–Kier alpha value is -2.82. The topological polar surface area (TPSA) is 85.6 Å². The highest BCUT2D eigenvalue weighted by molar-refractivity contribution is 7.13. The van der Waals surface area contributed by atoms with E-state index in [1.807, 2.05) is 5.38 Å². The van der Waals surface area contributed by atoms with Crippen molar-refractivity contribution in [1.82, 2.24) is 24.7 Å². The maximum absolute atomic E-state index is 12.3. The van der Waals surface area contributed by atoms with Crippen LogP contribution in [0.25, 0.3) is 16.5 Å². The summed E-state index contributed by atoms with van der Waals surface area (Å²) in [6, 6.07) is 4.86. The van der Waals surface area contributed by atoms with E-state index in [-0.39, 0.29) is 17.5 Å². The molecule has 7 nitrogen and oxygen atoms in total. The Bertz CT molecular complexity index is 780. The first-order valence-electron chi connectivity index (χ1n) is 6.55. The van der Waals surface area contributed by atoms with E-state index in [4.69, 9.17) is 0 Å². The van der Waals surface area contributed by atoms with Gasteiger partial charge in [0.1, 0.15) is 24.9 Å². The maximum Gasteiger partial charge on any atom is 0.397 e. The molecule has 1 N–H and O–H groups in total. The van der Waals surface area contributed by atoms with Gasteiger partial charge in [0.05, 0.1) is 4.88 Å². The second-order valence-electron chi connectivity index (χ2n) is 4.59. The molecule has 11 heteroatoms. The number of hydrogen-bond acceptors (Lipinski definition) is 6. The van der Waals surface area contributed by atoms with Gasteiger partial charge in [0, 0.05) is 6.07 Å². The predicted molar refractivity (Wildman–Crippen MR) is 79.6 cm³/mol. The van der Waals surface area contributed by atoms with E-state index in [2.05, 4.69) is 25.4 Å². The van der Waals surface area contributed by atoms with Crippen LogP contribution in [0.5, 0.6) is 0 Å². The van der Waals surface area contributed by atoms with Gasteiger partial charge in [-0.05, 0) is 11.4 Å². The van der Waals surface area contributed by atoms with Crippen LogP contribution in [0.4, 0.5) is 19.0 Å². The second kappa shape index (κ2) is 6.35. The molecule has 3 heterocycles. The number of thiophene rings is 1. The lowest BCUT2D eigenvalue weighted by molar-refractivity contribution is -0.150. The molecule has 0 aliphatic rings. The van der Waals surface area contributed by atoms with Gasteiger partial charge in [-0.2, -0.15) is 18.3 Å². The van der Waals surface area contributed by atoms with E-state index < -0.39 is 18.5 Å². The minimum absolute atomic E-state index is 0.0480. The van der Waals surface area contributed by atoms with Crippen LogP contribution in [0, 0.1) is 0 Å². The molecule has 0 atom stereocenters. The Kier molecular flexibility index (Phi) is 4.25. The van der Waals surface area contributed by atoms with Crippen LogP contribution in [0.1, 0.15) is 6.42 Å². The molecule has 124 valence electrons. The SMILES string of the molecule is O=C(CC(F)(F)F)Nc1cc(-n2cncn2)nc(-c2cccs2)n1. The van der Waals surface area contributed by atoms with E-state index in [0.29, 0.717) is 4.88 Å². The minimum Gasteiger partial charge on any atom is -0.310 e. The molecular weight excluding hydrogens is 345 g/mol. The number of nitrogens with zero attached hydrogens (tertiary/aromatic N) is 5. The quantitative estimate of drug-likeness (QED) is 0.779. The zero-order chi connectivity index (χ0) is 17.2. The molecule has 0 radical (unpaired) electrons. The molecule has 0 saturated heterocycles. The van der Waals surface area contributed by atoms with Gasteiger partial charge in [-0.25, -0.2) is 19.6 Å². The first-order chi connectivity index (χ1) is 11.4. The summed E-state index contributed by atoms with van der Waals surface area (Å²) < 4.78 is 38.2. The molecule has 0 aromatic carbocycles. The van der Waals surface area contributed by atoms with Crippen molar-refractivity contribution in [2.24, 2.45) is 0 Å². The Morgan fingerprint density at radius 3 is 2.79 bits per heavy atom. The summed E-state index contributed by atoms with van der Waals surface area (Å²) in [6.07, 6.45) is -3.52. The second-order valence-corrected chi connectivity index (χ2v) is 5.54. The van der Waals surface area contributed by atoms with E-state index in [1.165, 1.54) is 34.7 Å². The average molecular weight is 354 g/mol. The number of hydrogen-bond donors (Lipinski definition) is 1. The van der Waals surface area contributed by atoms with Crippen molar-refractivity contribution in [2.45, 2.75) is 12.6 Å². The highest BCUT2D eigenvalue weighted by Gasteiger charge is 2.31. The van der Waals surface area contributed by atoms with Gasteiger partial charge < -0.3 is 5.32 Å². The van der Waals surface area contributed by atoms with E-state index in [1.54, 1.807) is 12.1 Å². The van der Waals surface area contributed by atoms with Crippen molar-refractivity contribution in [3.05, 3.63) is 36.2 Å². The van der Waals surface area contributed by atoms with Crippen LogP contribution in [0.3, 0.4) is 0 Å². The molecule has 0 spiro atoms. The lowest BCUT2D eigenvalue weighted by Gasteiger charge is -2.09. The number of rotatable bonds is 4. The predicted octanol–water partition coefficient (Wildman–Crippen LogP) is 2.68. The third-order valence-corrected chi connectivity index (χ3v) is 3.60. The zero-order valence-corrected chi connectivity index (χ0v) is 12.7. The highest BCUT2D eigenvalue weighted by Crippen LogP contribution is 2.25. The number of amides is 1. The molecule has 0 bridgehead atoms. The van der Waals surface area contributed by atoms with Crippen LogP contribution in [-0.4, -0.2) is 36.8 Å². The lowest BCUT2D eigenvalue weighted by Crippen LogP contribution is -2.22. The van der Waals surface area contributed by atoms with E-state index >= 15 is 0 Å². The molecule has 0 saturated carbocycles. The van der Waals surface area contributed by atoms with Gasteiger partial charge in [-0.3, -0.25) is 4.79 Å². The zero-order valence-electron chi connectivity index (χ0n) is 11.9. The molecule has 3 rings (SSSR count). The van der Waals surface area contributed by atoms with Crippen LogP contribution < -0.4 is 5.32 Å². The number of anilines is 1. The number of nitrogens with one attached hydrogen (secondary N) is 1. The van der Waals surface area contributed by atoms with Crippen molar-refractivity contribution in [3.63, 3.8) is 0 Å². The summed E-state index contributed by atoms with van der Waals surface area (Å²) in [4.78, 5) is 24.4. The van der Waals surface area contributed by atoms with Gasteiger partial charge in [-0.15, -0.1) is 11.3 Å². The molecule has 0 fully saturated rings. The lowest BCUT2D eigenvalue weighted by atomic mass is 10.3. The summed E-state index contributed by atoms with van der Waals surface area (Å²) in [6.45, 7) is 0. The number of aromatic nitrogens is 5. The first-order valence-corrected chi connectivity index (χ1v) is 7.43. The van der Waals surface area contributed by atoms with E-state index in [9.17, 15) is 18.0 Å². The van der Waals surface area contributed by atoms with Crippen molar-refractivity contribution in [2.75, 3.05) is 5.32 Å². The van der Waals surface area contributed by atoms with Gasteiger partial charge >= 0.3 is 6.18 Å². The van der Waals surface area contributed by atoms with Crippen LogP contribution in [0.2, 0.25) is 0 Å². The first kappa shape index (κ1) is 16.1. The van der Waals surface area contributed by atoms with E-state index in [0.717, 1.165) is 0 Å². The molecule has 1 amide bonds. The van der Waals surface area contributed by atoms with Crippen LogP contribution in [0.15, 0.2) is 36.2 Å². The third-order valence-electron chi connectivity index (χ3n) is 2.74. The molecule has 0 aliphatic carbocycles. The molecule has 3 aromatic heterocycles. The Labute approximate surface area is 137 Å². The molecule has 24 heavy (non-hydrogen) atoms. The van der Waals surface area contributed by atoms with Gasteiger partial charge in [0.15, 0.2) is 11.6 Å². The molecular formula is C13H9F3N6OS. The average Bonchev–Trinajstić information content (AvgIpc) is 3.19. The summed E-state index contributed by atoms with van der Waals surface area (Å²) >= 11 is 1.36. The van der Waals surface area contributed by atoms with Crippen molar-refractivity contribution < 1.29 is 18.0 Å². The molecule has 0 unspecified atom stereocenters. The molecule has 3 aromatic rings. The smallest absolute Gasteiger partial charge is 0.310 e. The molecule has 0 aliphatic heterocycles. The standard InChI is InChI=1S/C13H9F3N6OS/c14-13(15,16)5-11(23)19-9-4-10(22-7-17-6-18-22)21-12(20-9)8-2-1-3-24-8/h1-4,6-7H,5H2,(H,19,20,21,23). The van der Waals surface area contributed by atoms with Gasteiger partial charge in [0.25, 0.3) is 0 Å². The Morgan fingerprint density at radius 1 is 1.33 bits per heavy atom. The fraction of sp³-hybridized carbons (Fsp3) is 0.154. The van der Waals surface area contributed by atoms with Gasteiger partial charge in [-0.1, -0.05) is 6.07 Å². The minimum atomic E-state index is -4.59. The fourth-order valence-electron chi connectivity index (χ4n) is 1.83. The summed E-state index contributed by atoms with van der Waals surface area (Å²) in [7, 11) is 0. The number of alkyl halides is 3. The summed E-state index contributed by atoms with van der Waals surface area (Å²) in [5, 5.41) is 7.86. The third kappa shape index (κ3) is 3.93. The Morgan fingerprint density at radius 2 is 2.17 bits per heavy atom. The van der Waals surface area contributed by atoms with Crippen LogP contribution in [-0.2, 0) is 4.79 Å². The Balaban J connectivity index is 1.95. The van der Waals surface area contributed by atoms with Crippen molar-refractivity contribution in [1.29, 1.82) is 0 Å². The number of carbonyl (C=O) groups is 1. The van der Waals surface area contributed by atoms with Crippen molar-refractivity contribution >= 4 is 23.1 Å². The fourth-order valence-corrected chi connectivity index (χ4v) is 2.49.